The fourth-order valence-corrected chi connectivity index (χ4v) is 5.16. The molecule has 0 aliphatic carbocycles. The van der Waals surface area contributed by atoms with Gasteiger partial charge in [-0.15, -0.1) is 0 Å². The van der Waals surface area contributed by atoms with Gasteiger partial charge in [0.15, 0.2) is 0 Å². The number of sulfonamides is 1. The van der Waals surface area contributed by atoms with Gasteiger partial charge in [-0.05, 0) is 55.7 Å². The third kappa shape index (κ3) is 8.21. The lowest BCUT2D eigenvalue weighted by atomic mass is 10.0. The van der Waals surface area contributed by atoms with E-state index in [1.165, 1.54) is 36.2 Å². The number of aryl methyl sites for hydroxylation is 1. The smallest absolute Gasteiger partial charge is 0.243 e. The van der Waals surface area contributed by atoms with Crippen molar-refractivity contribution in [3.63, 3.8) is 0 Å². The average Bonchev–Trinajstić information content (AvgIpc) is 2.92. The normalized spacial score (nSPS) is 13.1. The number of halogens is 1. The topological polar surface area (TPSA) is 86.8 Å². The molecule has 0 saturated heterocycles. The number of nitrogens with one attached hydrogen (secondary N) is 1. The van der Waals surface area contributed by atoms with Gasteiger partial charge in [0.05, 0.1) is 11.4 Å². The number of rotatable bonds is 12. The van der Waals surface area contributed by atoms with E-state index >= 15 is 0 Å². The Hall–Kier alpha value is -3.56. The SMILES string of the molecule is CCC(C)NC(=O)C(Cc1ccccc1)N(Cc1ccc(F)cc1)C(=O)CN(C)S(=O)(=O)c1ccc(C)cc1. The van der Waals surface area contributed by atoms with Crippen LogP contribution in [0.5, 0.6) is 0 Å². The van der Waals surface area contributed by atoms with Crippen LogP contribution in [0.4, 0.5) is 4.39 Å². The maximum absolute atomic E-state index is 13.8. The quantitative estimate of drug-likeness (QED) is 0.362. The van der Waals surface area contributed by atoms with Crippen LogP contribution in [0.1, 0.15) is 37.0 Å². The molecule has 0 aliphatic rings. The second-order valence-corrected chi connectivity index (χ2v) is 11.8. The van der Waals surface area contributed by atoms with Crippen LogP contribution in [0, 0.1) is 12.7 Å². The summed E-state index contributed by atoms with van der Waals surface area (Å²) in [6.45, 7) is 5.21. The van der Waals surface area contributed by atoms with E-state index in [0.717, 1.165) is 15.4 Å². The first-order valence-corrected chi connectivity index (χ1v) is 14.4. The van der Waals surface area contributed by atoms with Gasteiger partial charge < -0.3 is 10.2 Å². The first kappa shape index (κ1) is 30.0. The minimum atomic E-state index is -3.95. The highest BCUT2D eigenvalue weighted by molar-refractivity contribution is 7.89. The van der Waals surface area contributed by atoms with Crippen LogP contribution in [-0.4, -0.2) is 55.1 Å². The fraction of sp³-hybridized carbons (Fsp3) is 0.333. The van der Waals surface area contributed by atoms with E-state index in [2.05, 4.69) is 5.32 Å². The highest BCUT2D eigenvalue weighted by Crippen LogP contribution is 2.19. The van der Waals surface area contributed by atoms with Gasteiger partial charge in [0.1, 0.15) is 11.9 Å². The van der Waals surface area contributed by atoms with E-state index in [1.807, 2.05) is 51.1 Å². The predicted molar refractivity (Wildman–Crippen MR) is 150 cm³/mol. The van der Waals surface area contributed by atoms with E-state index in [4.69, 9.17) is 0 Å². The molecule has 208 valence electrons. The zero-order valence-corrected chi connectivity index (χ0v) is 23.6. The molecular weight excluding hydrogens is 517 g/mol. The van der Waals surface area contributed by atoms with Crippen LogP contribution in [0.15, 0.2) is 83.8 Å². The predicted octanol–water partition coefficient (Wildman–Crippen LogP) is 4.31. The molecule has 39 heavy (non-hydrogen) atoms. The highest BCUT2D eigenvalue weighted by Gasteiger charge is 2.33. The van der Waals surface area contributed by atoms with Crippen molar-refractivity contribution in [3.8, 4) is 0 Å². The summed E-state index contributed by atoms with van der Waals surface area (Å²) >= 11 is 0. The van der Waals surface area contributed by atoms with E-state index < -0.39 is 34.3 Å². The number of carbonyl (C=O) groups is 2. The van der Waals surface area contributed by atoms with Gasteiger partial charge in [0, 0.05) is 26.1 Å². The molecule has 3 rings (SSSR count). The Morgan fingerprint density at radius 2 is 1.54 bits per heavy atom. The molecule has 0 spiro atoms. The molecular formula is C30H36FN3O4S. The summed E-state index contributed by atoms with van der Waals surface area (Å²) in [7, 11) is -2.61. The third-order valence-corrected chi connectivity index (χ3v) is 8.44. The van der Waals surface area contributed by atoms with Crippen LogP contribution >= 0.6 is 0 Å². The molecule has 0 aliphatic heterocycles. The minimum absolute atomic E-state index is 0.00294. The van der Waals surface area contributed by atoms with E-state index in [9.17, 15) is 22.4 Å². The number of nitrogens with zero attached hydrogens (tertiary/aromatic N) is 2. The van der Waals surface area contributed by atoms with Crippen molar-refractivity contribution in [3.05, 3.63) is 101 Å². The number of likely N-dealkylation sites (N-methyl/N-ethyl adjacent to an activating group) is 1. The average molecular weight is 554 g/mol. The Kier molecular flexibility index (Phi) is 10.4. The maximum Gasteiger partial charge on any atom is 0.243 e. The molecule has 0 bridgehead atoms. The Labute approximate surface area is 230 Å². The van der Waals surface area contributed by atoms with Gasteiger partial charge in [-0.25, -0.2) is 12.8 Å². The lowest BCUT2D eigenvalue weighted by Gasteiger charge is -2.33. The summed E-state index contributed by atoms with van der Waals surface area (Å²) in [5.74, 6) is -1.30. The summed E-state index contributed by atoms with van der Waals surface area (Å²) in [6, 6.07) is 20.3. The Balaban J connectivity index is 1.97. The van der Waals surface area contributed by atoms with Crippen molar-refractivity contribution in [1.29, 1.82) is 0 Å². The van der Waals surface area contributed by atoms with Gasteiger partial charge in [0.25, 0.3) is 0 Å². The Bertz CT molecular complexity index is 1350. The first-order chi connectivity index (χ1) is 18.5. The molecule has 2 unspecified atom stereocenters. The lowest BCUT2D eigenvalue weighted by molar-refractivity contribution is -0.141. The van der Waals surface area contributed by atoms with Gasteiger partial charge in [-0.2, -0.15) is 4.31 Å². The van der Waals surface area contributed by atoms with Crippen molar-refractivity contribution < 1.29 is 22.4 Å². The molecule has 3 aromatic rings. The van der Waals surface area contributed by atoms with Crippen LogP contribution in [0.3, 0.4) is 0 Å². The zero-order chi connectivity index (χ0) is 28.6. The molecule has 0 heterocycles. The summed E-state index contributed by atoms with van der Waals surface area (Å²) in [4.78, 5) is 28.8. The Morgan fingerprint density at radius 1 is 0.923 bits per heavy atom. The molecule has 1 N–H and O–H groups in total. The second kappa shape index (κ2) is 13.5. The summed E-state index contributed by atoms with van der Waals surface area (Å²) < 4.78 is 41.0. The van der Waals surface area contributed by atoms with Gasteiger partial charge in [0.2, 0.25) is 21.8 Å². The van der Waals surface area contributed by atoms with Crippen LogP contribution in [0.25, 0.3) is 0 Å². The van der Waals surface area contributed by atoms with Crippen molar-refractivity contribution >= 4 is 21.8 Å². The van der Waals surface area contributed by atoms with Crippen molar-refractivity contribution in [2.24, 2.45) is 0 Å². The molecule has 0 saturated carbocycles. The van der Waals surface area contributed by atoms with Gasteiger partial charge in [-0.1, -0.05) is 67.1 Å². The molecule has 2 amide bonds. The molecule has 2 atom stereocenters. The molecule has 3 aromatic carbocycles. The largest absolute Gasteiger partial charge is 0.352 e. The van der Waals surface area contributed by atoms with Crippen molar-refractivity contribution in [1.82, 2.24) is 14.5 Å². The van der Waals surface area contributed by atoms with E-state index in [0.29, 0.717) is 12.0 Å². The zero-order valence-electron chi connectivity index (χ0n) is 22.8. The molecule has 0 fully saturated rings. The monoisotopic (exact) mass is 553 g/mol. The van der Waals surface area contributed by atoms with Crippen molar-refractivity contribution in [2.75, 3.05) is 13.6 Å². The number of hydrogen-bond acceptors (Lipinski definition) is 4. The molecule has 0 radical (unpaired) electrons. The van der Waals surface area contributed by atoms with E-state index in [-0.39, 0.29) is 29.8 Å². The lowest BCUT2D eigenvalue weighted by Crippen LogP contribution is -2.54. The molecule has 9 heteroatoms. The van der Waals surface area contributed by atoms with Crippen LogP contribution in [0.2, 0.25) is 0 Å². The standard InChI is InChI=1S/C30H36FN3O4S/c1-5-23(3)32-30(36)28(19-24-9-7-6-8-10-24)34(20-25-13-15-26(31)16-14-25)29(35)21-33(4)39(37,38)27-17-11-22(2)12-18-27/h6-18,23,28H,5,19-21H2,1-4H3,(H,32,36). The second-order valence-electron chi connectivity index (χ2n) is 9.75. The maximum atomic E-state index is 13.8. The minimum Gasteiger partial charge on any atom is -0.352 e. The summed E-state index contributed by atoms with van der Waals surface area (Å²) in [6.07, 6.45) is 0.928. The fourth-order valence-electron chi connectivity index (χ4n) is 4.04. The number of hydrogen-bond donors (Lipinski definition) is 1. The van der Waals surface area contributed by atoms with Gasteiger partial charge >= 0.3 is 0 Å². The van der Waals surface area contributed by atoms with E-state index in [1.54, 1.807) is 24.3 Å². The Morgan fingerprint density at radius 3 is 2.13 bits per heavy atom. The number of benzene rings is 3. The number of carbonyl (C=O) groups excluding carboxylic acids is 2. The third-order valence-electron chi connectivity index (χ3n) is 6.63. The summed E-state index contributed by atoms with van der Waals surface area (Å²) in [5, 5.41) is 2.97. The van der Waals surface area contributed by atoms with Gasteiger partial charge in [-0.3, -0.25) is 9.59 Å². The molecule has 0 aromatic heterocycles. The highest BCUT2D eigenvalue weighted by atomic mass is 32.2. The molecule has 7 nitrogen and oxygen atoms in total. The summed E-state index contributed by atoms with van der Waals surface area (Å²) in [5.41, 5.74) is 2.37. The van der Waals surface area contributed by atoms with Crippen molar-refractivity contribution in [2.45, 2.75) is 57.1 Å². The first-order valence-electron chi connectivity index (χ1n) is 12.9. The van der Waals surface area contributed by atoms with Crippen LogP contribution in [-0.2, 0) is 32.6 Å². The number of amides is 2. The van der Waals surface area contributed by atoms with Crippen LogP contribution < -0.4 is 5.32 Å².